The average molecular weight is 253 g/mol. The van der Waals surface area contributed by atoms with Crippen LogP contribution in [0.2, 0.25) is 0 Å². The highest BCUT2D eigenvalue weighted by atomic mass is 32.1. The van der Waals surface area contributed by atoms with Crippen molar-refractivity contribution in [2.75, 3.05) is 26.7 Å². The molecule has 2 heterocycles. The van der Waals surface area contributed by atoms with Crippen molar-refractivity contribution in [3.8, 4) is 0 Å². The molecule has 0 aliphatic carbocycles. The van der Waals surface area contributed by atoms with Crippen molar-refractivity contribution >= 4 is 11.3 Å². The van der Waals surface area contributed by atoms with Gasteiger partial charge >= 0.3 is 0 Å². The number of nitrogens with zero attached hydrogens (tertiary/aromatic N) is 2. The smallest absolute Gasteiger partial charge is 0.110 e. The normalized spacial score (nSPS) is 23.1. The van der Waals surface area contributed by atoms with Gasteiger partial charge in [-0.3, -0.25) is 4.90 Å². The number of nitrogens with one attached hydrogen (secondary N) is 1. The van der Waals surface area contributed by atoms with Gasteiger partial charge in [0.2, 0.25) is 0 Å². The Bertz CT molecular complexity index is 350. The Morgan fingerprint density at radius 2 is 2.47 bits per heavy atom. The SMILES string of the molecule is CCc1cnc(C(C)N2CCC(CNC)C2)s1. The molecule has 0 radical (unpaired) electrons. The third kappa shape index (κ3) is 3.06. The maximum Gasteiger partial charge on any atom is 0.110 e. The van der Waals surface area contributed by atoms with E-state index in [2.05, 4.69) is 29.0 Å². The number of hydrogen-bond acceptors (Lipinski definition) is 4. The molecule has 0 spiro atoms. The first-order valence-corrected chi connectivity index (χ1v) is 7.39. The monoisotopic (exact) mass is 253 g/mol. The summed E-state index contributed by atoms with van der Waals surface area (Å²) < 4.78 is 0. The van der Waals surface area contributed by atoms with Crippen molar-refractivity contribution in [2.24, 2.45) is 5.92 Å². The summed E-state index contributed by atoms with van der Waals surface area (Å²) in [4.78, 5) is 8.53. The molecule has 0 saturated carbocycles. The van der Waals surface area contributed by atoms with E-state index < -0.39 is 0 Å². The van der Waals surface area contributed by atoms with E-state index in [1.165, 1.54) is 29.4 Å². The zero-order chi connectivity index (χ0) is 12.3. The molecule has 2 unspecified atom stereocenters. The first-order valence-electron chi connectivity index (χ1n) is 6.57. The highest BCUT2D eigenvalue weighted by Gasteiger charge is 2.27. The Labute approximate surface area is 108 Å². The third-order valence-electron chi connectivity index (χ3n) is 3.64. The summed E-state index contributed by atoms with van der Waals surface area (Å²) in [6, 6.07) is 0.488. The van der Waals surface area contributed by atoms with Crippen LogP contribution in [-0.4, -0.2) is 36.6 Å². The highest BCUT2D eigenvalue weighted by Crippen LogP contribution is 2.29. The van der Waals surface area contributed by atoms with Crippen LogP contribution in [0.15, 0.2) is 6.20 Å². The molecule has 2 atom stereocenters. The second kappa shape index (κ2) is 5.94. The molecular formula is C13H23N3S. The van der Waals surface area contributed by atoms with Crippen LogP contribution in [-0.2, 0) is 6.42 Å². The molecule has 1 saturated heterocycles. The van der Waals surface area contributed by atoms with Gasteiger partial charge < -0.3 is 5.32 Å². The van der Waals surface area contributed by atoms with Crippen molar-refractivity contribution in [1.82, 2.24) is 15.2 Å². The van der Waals surface area contributed by atoms with Crippen LogP contribution in [0.25, 0.3) is 0 Å². The van der Waals surface area contributed by atoms with Crippen LogP contribution >= 0.6 is 11.3 Å². The maximum absolute atomic E-state index is 4.56. The van der Waals surface area contributed by atoms with Crippen LogP contribution in [0.4, 0.5) is 0 Å². The van der Waals surface area contributed by atoms with E-state index in [9.17, 15) is 0 Å². The molecule has 0 amide bonds. The Morgan fingerprint density at radius 3 is 3.12 bits per heavy atom. The average Bonchev–Trinajstić information content (AvgIpc) is 2.97. The summed E-state index contributed by atoms with van der Waals surface area (Å²) in [5, 5.41) is 4.57. The van der Waals surface area contributed by atoms with Gasteiger partial charge in [-0.15, -0.1) is 11.3 Å². The van der Waals surface area contributed by atoms with E-state index in [4.69, 9.17) is 0 Å². The van der Waals surface area contributed by atoms with E-state index in [1.807, 2.05) is 24.6 Å². The lowest BCUT2D eigenvalue weighted by Gasteiger charge is -2.22. The van der Waals surface area contributed by atoms with E-state index in [-0.39, 0.29) is 0 Å². The molecule has 1 N–H and O–H groups in total. The van der Waals surface area contributed by atoms with Gasteiger partial charge in [-0.05, 0) is 45.8 Å². The molecule has 1 aliphatic heterocycles. The molecule has 0 aromatic carbocycles. The minimum absolute atomic E-state index is 0.488. The number of likely N-dealkylation sites (tertiary alicyclic amines) is 1. The summed E-state index contributed by atoms with van der Waals surface area (Å²) in [6.07, 6.45) is 4.46. The van der Waals surface area contributed by atoms with Crippen LogP contribution < -0.4 is 5.32 Å². The van der Waals surface area contributed by atoms with Gasteiger partial charge in [0.1, 0.15) is 5.01 Å². The minimum atomic E-state index is 0.488. The predicted octanol–water partition coefficient (Wildman–Crippen LogP) is 2.31. The zero-order valence-electron chi connectivity index (χ0n) is 11.1. The lowest BCUT2D eigenvalue weighted by atomic mass is 10.1. The second-order valence-electron chi connectivity index (χ2n) is 4.90. The fourth-order valence-electron chi connectivity index (χ4n) is 2.51. The van der Waals surface area contributed by atoms with Crippen LogP contribution in [0, 0.1) is 5.92 Å². The molecule has 96 valence electrons. The van der Waals surface area contributed by atoms with Gasteiger partial charge in [-0.2, -0.15) is 0 Å². The van der Waals surface area contributed by atoms with Crippen LogP contribution in [0.5, 0.6) is 0 Å². The summed E-state index contributed by atoms with van der Waals surface area (Å²) in [6.45, 7) is 8.06. The van der Waals surface area contributed by atoms with E-state index in [1.54, 1.807) is 0 Å². The number of thiazole rings is 1. The third-order valence-corrected chi connectivity index (χ3v) is 4.95. The van der Waals surface area contributed by atoms with Gasteiger partial charge in [0.05, 0.1) is 6.04 Å². The maximum atomic E-state index is 4.56. The van der Waals surface area contributed by atoms with Gasteiger partial charge in [0, 0.05) is 17.6 Å². The molecule has 17 heavy (non-hydrogen) atoms. The van der Waals surface area contributed by atoms with E-state index in [0.29, 0.717) is 6.04 Å². The Morgan fingerprint density at radius 1 is 1.65 bits per heavy atom. The summed E-state index contributed by atoms with van der Waals surface area (Å²) >= 11 is 1.87. The van der Waals surface area contributed by atoms with Crippen molar-refractivity contribution in [3.63, 3.8) is 0 Å². The number of aryl methyl sites for hydroxylation is 1. The largest absolute Gasteiger partial charge is 0.319 e. The summed E-state index contributed by atoms with van der Waals surface area (Å²) in [7, 11) is 2.04. The summed E-state index contributed by atoms with van der Waals surface area (Å²) in [5.41, 5.74) is 0. The van der Waals surface area contributed by atoms with Crippen LogP contribution in [0.3, 0.4) is 0 Å². The molecule has 3 nitrogen and oxygen atoms in total. The first kappa shape index (κ1) is 13.0. The minimum Gasteiger partial charge on any atom is -0.319 e. The molecule has 1 fully saturated rings. The fourth-order valence-corrected chi connectivity index (χ4v) is 3.45. The van der Waals surface area contributed by atoms with Gasteiger partial charge in [-0.1, -0.05) is 6.92 Å². The van der Waals surface area contributed by atoms with Crippen molar-refractivity contribution < 1.29 is 0 Å². The zero-order valence-corrected chi connectivity index (χ0v) is 11.9. The highest BCUT2D eigenvalue weighted by molar-refractivity contribution is 7.11. The predicted molar refractivity (Wildman–Crippen MR) is 73.5 cm³/mol. The molecule has 4 heteroatoms. The number of hydrogen-bond donors (Lipinski definition) is 1. The Hall–Kier alpha value is -0.450. The molecule has 1 aliphatic rings. The van der Waals surface area contributed by atoms with E-state index >= 15 is 0 Å². The lowest BCUT2D eigenvalue weighted by molar-refractivity contribution is 0.251. The van der Waals surface area contributed by atoms with Gasteiger partial charge in [0.25, 0.3) is 0 Å². The van der Waals surface area contributed by atoms with Gasteiger partial charge in [0.15, 0.2) is 0 Å². The summed E-state index contributed by atoms with van der Waals surface area (Å²) in [5.74, 6) is 0.813. The van der Waals surface area contributed by atoms with Crippen molar-refractivity contribution in [1.29, 1.82) is 0 Å². The Kier molecular flexibility index (Phi) is 4.54. The molecule has 1 aromatic rings. The van der Waals surface area contributed by atoms with Crippen molar-refractivity contribution in [3.05, 3.63) is 16.1 Å². The quantitative estimate of drug-likeness (QED) is 0.873. The standard InChI is InChI=1S/C13H23N3S/c1-4-12-8-15-13(17-12)10(2)16-6-5-11(9-16)7-14-3/h8,10-11,14H,4-7,9H2,1-3H3. The molecular weight excluding hydrogens is 230 g/mol. The lowest BCUT2D eigenvalue weighted by Crippen LogP contribution is -2.27. The van der Waals surface area contributed by atoms with E-state index in [0.717, 1.165) is 18.9 Å². The molecule has 0 bridgehead atoms. The topological polar surface area (TPSA) is 28.2 Å². The number of rotatable bonds is 5. The van der Waals surface area contributed by atoms with Crippen LogP contribution in [0.1, 0.15) is 36.2 Å². The Balaban J connectivity index is 1.94. The number of aromatic nitrogens is 1. The van der Waals surface area contributed by atoms with Crippen molar-refractivity contribution in [2.45, 2.75) is 32.7 Å². The molecule has 2 rings (SSSR count). The van der Waals surface area contributed by atoms with Gasteiger partial charge in [-0.25, -0.2) is 4.98 Å². The second-order valence-corrected chi connectivity index (χ2v) is 6.05. The first-order chi connectivity index (χ1) is 8.24. The fraction of sp³-hybridized carbons (Fsp3) is 0.769. The molecule has 1 aromatic heterocycles.